The van der Waals surface area contributed by atoms with Gasteiger partial charge in [-0.3, -0.25) is 0 Å². The lowest BCUT2D eigenvalue weighted by Crippen LogP contribution is -1.95. The molecule has 1 rings (SSSR count). The zero-order valence-corrected chi connectivity index (χ0v) is 9.75. The summed E-state index contributed by atoms with van der Waals surface area (Å²) in [5, 5.41) is 0.426. The molecule has 16 heavy (non-hydrogen) atoms. The number of carbonyl (C=O) groups excluding carboxylic acids is 1. The van der Waals surface area contributed by atoms with Gasteiger partial charge in [-0.15, -0.1) is 0 Å². The summed E-state index contributed by atoms with van der Waals surface area (Å²) in [4.78, 5) is 10.9. The third-order valence-electron chi connectivity index (χ3n) is 1.96. The number of rotatable bonds is 3. The Morgan fingerprint density at radius 3 is 2.69 bits per heavy atom. The number of anilines is 1. The number of ether oxygens (including phenoxy) is 2. The van der Waals surface area contributed by atoms with Crippen LogP contribution in [0.2, 0.25) is 5.02 Å². The highest BCUT2D eigenvalue weighted by molar-refractivity contribution is 6.32. The normalized spacial score (nSPS) is 10.4. The smallest absolute Gasteiger partial charge is 0.330 e. The number of nitrogens with two attached hydrogens (primary N) is 1. The van der Waals surface area contributed by atoms with Gasteiger partial charge in [0, 0.05) is 17.3 Å². The third-order valence-corrected chi connectivity index (χ3v) is 2.25. The van der Waals surface area contributed by atoms with E-state index in [0.29, 0.717) is 22.0 Å². The average Bonchev–Trinajstić information content (AvgIpc) is 2.27. The first-order valence-corrected chi connectivity index (χ1v) is 4.85. The second-order valence-electron chi connectivity index (χ2n) is 2.97. The Labute approximate surface area is 98.6 Å². The summed E-state index contributed by atoms with van der Waals surface area (Å²) in [7, 11) is 2.81. The van der Waals surface area contributed by atoms with E-state index in [1.165, 1.54) is 20.3 Å². The highest BCUT2D eigenvalue weighted by atomic mass is 35.5. The summed E-state index contributed by atoms with van der Waals surface area (Å²) >= 11 is 5.87. The molecule has 0 heterocycles. The predicted molar refractivity (Wildman–Crippen MR) is 63.5 cm³/mol. The molecule has 5 heteroatoms. The van der Waals surface area contributed by atoms with E-state index in [1.807, 2.05) is 0 Å². The number of carbonyl (C=O) groups is 1. The van der Waals surface area contributed by atoms with E-state index in [2.05, 4.69) is 4.74 Å². The molecule has 2 N–H and O–H groups in total. The maximum absolute atomic E-state index is 10.9. The number of hydrogen-bond donors (Lipinski definition) is 1. The van der Waals surface area contributed by atoms with Gasteiger partial charge < -0.3 is 15.2 Å². The number of halogens is 1. The summed E-state index contributed by atoms with van der Waals surface area (Å²) in [5.74, 6) is 0.0497. The van der Waals surface area contributed by atoms with Crippen LogP contribution in [0.15, 0.2) is 18.2 Å². The predicted octanol–water partition coefficient (Wildman–Crippen LogP) is 2.12. The highest BCUT2D eigenvalue weighted by Gasteiger charge is 2.05. The van der Waals surface area contributed by atoms with Crippen molar-refractivity contribution in [1.82, 2.24) is 0 Å². The van der Waals surface area contributed by atoms with Crippen molar-refractivity contribution < 1.29 is 14.3 Å². The van der Waals surface area contributed by atoms with Gasteiger partial charge in [-0.05, 0) is 18.2 Å². The molecule has 0 aliphatic rings. The van der Waals surface area contributed by atoms with Crippen molar-refractivity contribution in [3.63, 3.8) is 0 Å². The van der Waals surface area contributed by atoms with Gasteiger partial charge in [-0.2, -0.15) is 0 Å². The van der Waals surface area contributed by atoms with Crippen LogP contribution in [0, 0.1) is 0 Å². The summed E-state index contributed by atoms with van der Waals surface area (Å²) < 4.78 is 9.50. The van der Waals surface area contributed by atoms with E-state index in [-0.39, 0.29) is 0 Å². The van der Waals surface area contributed by atoms with E-state index in [0.717, 1.165) is 0 Å². The SMILES string of the molecule is COC(=O)/C=C/c1cc(OC)c(Cl)cc1N. The van der Waals surface area contributed by atoms with E-state index in [1.54, 1.807) is 18.2 Å². The first-order chi connectivity index (χ1) is 7.58. The lowest BCUT2D eigenvalue weighted by Gasteiger charge is -2.06. The van der Waals surface area contributed by atoms with Crippen LogP contribution in [0.4, 0.5) is 5.69 Å². The standard InChI is InChI=1S/C11H12ClNO3/c1-15-10-5-7(3-4-11(14)16-2)9(13)6-8(10)12/h3-6H,13H2,1-2H3/b4-3+. The van der Waals surface area contributed by atoms with Crippen molar-refractivity contribution in [2.45, 2.75) is 0 Å². The van der Waals surface area contributed by atoms with E-state index >= 15 is 0 Å². The Morgan fingerprint density at radius 1 is 1.44 bits per heavy atom. The van der Waals surface area contributed by atoms with Crippen LogP contribution in [-0.2, 0) is 9.53 Å². The number of nitrogen functional groups attached to an aromatic ring is 1. The van der Waals surface area contributed by atoms with Crippen molar-refractivity contribution in [2.75, 3.05) is 20.0 Å². The highest BCUT2D eigenvalue weighted by Crippen LogP contribution is 2.30. The molecule has 0 spiro atoms. The molecule has 0 unspecified atom stereocenters. The molecular weight excluding hydrogens is 230 g/mol. The van der Waals surface area contributed by atoms with Gasteiger partial charge in [-0.1, -0.05) is 11.6 Å². The Morgan fingerprint density at radius 2 is 2.12 bits per heavy atom. The maximum Gasteiger partial charge on any atom is 0.330 e. The Bertz CT molecular complexity index is 429. The molecule has 86 valence electrons. The molecule has 1 aromatic carbocycles. The minimum Gasteiger partial charge on any atom is -0.495 e. The molecule has 0 fully saturated rings. The summed E-state index contributed by atoms with van der Waals surface area (Å²) in [5.41, 5.74) is 6.84. The van der Waals surface area contributed by atoms with Crippen LogP contribution < -0.4 is 10.5 Å². The molecule has 0 atom stereocenters. The Hall–Kier alpha value is -1.68. The van der Waals surface area contributed by atoms with Crippen LogP contribution in [0.25, 0.3) is 6.08 Å². The van der Waals surface area contributed by atoms with Crippen LogP contribution in [0.1, 0.15) is 5.56 Å². The van der Waals surface area contributed by atoms with Gasteiger partial charge in [0.05, 0.1) is 19.2 Å². The molecule has 0 aromatic heterocycles. The number of methoxy groups -OCH3 is 2. The molecule has 0 saturated heterocycles. The van der Waals surface area contributed by atoms with Crippen LogP contribution >= 0.6 is 11.6 Å². The number of hydrogen-bond acceptors (Lipinski definition) is 4. The van der Waals surface area contributed by atoms with Crippen molar-refractivity contribution in [1.29, 1.82) is 0 Å². The van der Waals surface area contributed by atoms with Crippen LogP contribution in [0.5, 0.6) is 5.75 Å². The molecular formula is C11H12ClNO3. The molecule has 0 bridgehead atoms. The van der Waals surface area contributed by atoms with Crippen LogP contribution in [-0.4, -0.2) is 20.2 Å². The molecule has 0 amide bonds. The summed E-state index contributed by atoms with van der Waals surface area (Å²) in [6.45, 7) is 0. The summed E-state index contributed by atoms with van der Waals surface area (Å²) in [6, 6.07) is 3.22. The molecule has 4 nitrogen and oxygen atoms in total. The third kappa shape index (κ3) is 2.90. The lowest BCUT2D eigenvalue weighted by molar-refractivity contribution is -0.134. The van der Waals surface area contributed by atoms with Gasteiger partial charge in [0.15, 0.2) is 0 Å². The monoisotopic (exact) mass is 241 g/mol. The number of esters is 1. The zero-order chi connectivity index (χ0) is 12.1. The van der Waals surface area contributed by atoms with Gasteiger partial charge in [-0.25, -0.2) is 4.79 Å². The van der Waals surface area contributed by atoms with Gasteiger partial charge in [0.25, 0.3) is 0 Å². The van der Waals surface area contributed by atoms with E-state index in [9.17, 15) is 4.79 Å². The molecule has 0 saturated carbocycles. The van der Waals surface area contributed by atoms with E-state index < -0.39 is 5.97 Å². The largest absolute Gasteiger partial charge is 0.495 e. The zero-order valence-electron chi connectivity index (χ0n) is 8.99. The maximum atomic E-state index is 10.9. The van der Waals surface area contributed by atoms with Gasteiger partial charge >= 0.3 is 5.97 Å². The Kier molecular flexibility index (Phi) is 4.19. The van der Waals surface area contributed by atoms with Gasteiger partial charge in [0.2, 0.25) is 0 Å². The first kappa shape index (κ1) is 12.4. The molecule has 0 aliphatic carbocycles. The fourth-order valence-electron chi connectivity index (χ4n) is 1.11. The van der Waals surface area contributed by atoms with Crippen LogP contribution in [0.3, 0.4) is 0 Å². The topological polar surface area (TPSA) is 61.5 Å². The lowest BCUT2D eigenvalue weighted by atomic mass is 10.1. The Balaban J connectivity index is 3.05. The second-order valence-corrected chi connectivity index (χ2v) is 3.38. The quantitative estimate of drug-likeness (QED) is 0.500. The van der Waals surface area contributed by atoms with Crippen molar-refractivity contribution in [3.8, 4) is 5.75 Å². The summed E-state index contributed by atoms with van der Waals surface area (Å²) in [6.07, 6.45) is 2.82. The first-order valence-electron chi connectivity index (χ1n) is 4.47. The number of benzene rings is 1. The second kappa shape index (κ2) is 5.42. The fourth-order valence-corrected chi connectivity index (χ4v) is 1.36. The van der Waals surface area contributed by atoms with Crippen molar-refractivity contribution in [3.05, 3.63) is 28.8 Å². The van der Waals surface area contributed by atoms with Crippen molar-refractivity contribution >= 4 is 29.3 Å². The van der Waals surface area contributed by atoms with Crippen molar-refractivity contribution in [2.24, 2.45) is 0 Å². The molecule has 1 aromatic rings. The molecule has 0 radical (unpaired) electrons. The minimum absolute atomic E-state index is 0.426. The molecule has 0 aliphatic heterocycles. The minimum atomic E-state index is -0.451. The average molecular weight is 242 g/mol. The van der Waals surface area contributed by atoms with E-state index in [4.69, 9.17) is 22.1 Å². The fraction of sp³-hybridized carbons (Fsp3) is 0.182. The van der Waals surface area contributed by atoms with Gasteiger partial charge in [0.1, 0.15) is 5.75 Å².